The van der Waals surface area contributed by atoms with Crippen LogP contribution in [0.5, 0.6) is 0 Å². The standard InChI is InChI=1S/C14H20N2O2S/c1-3-10-8(2)19-14(11(10)12(15)17)16-13(18)9-6-4-5-7-9/h9H,3-7H2,1-2H3,(H2,15,17)(H,16,18). The fraction of sp³-hybridized carbons (Fsp3) is 0.571. The number of carbonyl (C=O) groups excluding carboxylic acids is 2. The number of anilines is 1. The van der Waals surface area contributed by atoms with Crippen molar-refractivity contribution in [2.45, 2.75) is 46.0 Å². The summed E-state index contributed by atoms with van der Waals surface area (Å²) in [6, 6.07) is 0. The summed E-state index contributed by atoms with van der Waals surface area (Å²) in [6.07, 6.45) is 4.88. The second-order valence-electron chi connectivity index (χ2n) is 5.03. The quantitative estimate of drug-likeness (QED) is 0.890. The summed E-state index contributed by atoms with van der Waals surface area (Å²) in [7, 11) is 0. The minimum atomic E-state index is -0.456. The third-order valence-electron chi connectivity index (χ3n) is 3.77. The summed E-state index contributed by atoms with van der Waals surface area (Å²) in [5, 5.41) is 3.53. The number of hydrogen-bond donors (Lipinski definition) is 2. The molecule has 0 spiro atoms. The number of nitrogens with one attached hydrogen (secondary N) is 1. The summed E-state index contributed by atoms with van der Waals surface area (Å²) in [4.78, 5) is 24.8. The predicted molar refractivity (Wildman–Crippen MR) is 77.5 cm³/mol. The highest BCUT2D eigenvalue weighted by atomic mass is 32.1. The fourth-order valence-electron chi connectivity index (χ4n) is 2.76. The van der Waals surface area contributed by atoms with Crippen LogP contribution in [0.3, 0.4) is 0 Å². The van der Waals surface area contributed by atoms with Gasteiger partial charge in [0.05, 0.1) is 5.56 Å². The molecule has 0 atom stereocenters. The highest BCUT2D eigenvalue weighted by molar-refractivity contribution is 7.16. The van der Waals surface area contributed by atoms with Crippen molar-refractivity contribution in [3.05, 3.63) is 16.0 Å². The molecule has 1 aliphatic carbocycles. The van der Waals surface area contributed by atoms with E-state index in [1.54, 1.807) is 0 Å². The van der Waals surface area contributed by atoms with Gasteiger partial charge >= 0.3 is 0 Å². The molecule has 2 amide bonds. The Morgan fingerprint density at radius 1 is 1.37 bits per heavy atom. The monoisotopic (exact) mass is 280 g/mol. The van der Waals surface area contributed by atoms with Crippen molar-refractivity contribution in [3.8, 4) is 0 Å². The lowest BCUT2D eigenvalue weighted by atomic mass is 10.1. The van der Waals surface area contributed by atoms with Gasteiger partial charge in [-0.3, -0.25) is 9.59 Å². The number of thiophene rings is 1. The van der Waals surface area contributed by atoms with Crippen molar-refractivity contribution in [2.24, 2.45) is 11.7 Å². The first kappa shape index (κ1) is 14.1. The molecule has 19 heavy (non-hydrogen) atoms. The summed E-state index contributed by atoms with van der Waals surface area (Å²) in [5.41, 5.74) is 6.90. The Morgan fingerprint density at radius 3 is 2.53 bits per heavy atom. The zero-order valence-electron chi connectivity index (χ0n) is 11.4. The molecule has 1 fully saturated rings. The highest BCUT2D eigenvalue weighted by Crippen LogP contribution is 2.34. The Bertz CT molecular complexity index is 502. The van der Waals surface area contributed by atoms with E-state index in [2.05, 4.69) is 5.32 Å². The van der Waals surface area contributed by atoms with Crippen LogP contribution in [0.1, 0.15) is 53.4 Å². The molecule has 5 heteroatoms. The highest BCUT2D eigenvalue weighted by Gasteiger charge is 2.26. The van der Waals surface area contributed by atoms with Crippen LogP contribution in [-0.2, 0) is 11.2 Å². The molecule has 0 bridgehead atoms. The zero-order valence-corrected chi connectivity index (χ0v) is 12.2. The van der Waals surface area contributed by atoms with Crippen LogP contribution >= 0.6 is 11.3 Å². The van der Waals surface area contributed by atoms with Crippen molar-refractivity contribution in [2.75, 3.05) is 5.32 Å². The lowest BCUT2D eigenvalue weighted by Crippen LogP contribution is -2.22. The van der Waals surface area contributed by atoms with Crippen LogP contribution < -0.4 is 11.1 Å². The van der Waals surface area contributed by atoms with E-state index in [0.29, 0.717) is 10.6 Å². The normalized spacial score (nSPS) is 15.7. The minimum Gasteiger partial charge on any atom is -0.365 e. The van der Waals surface area contributed by atoms with Gasteiger partial charge < -0.3 is 11.1 Å². The summed E-state index contributed by atoms with van der Waals surface area (Å²) in [6.45, 7) is 3.95. The first-order valence-electron chi connectivity index (χ1n) is 6.77. The van der Waals surface area contributed by atoms with Crippen molar-refractivity contribution >= 4 is 28.2 Å². The van der Waals surface area contributed by atoms with Crippen molar-refractivity contribution < 1.29 is 9.59 Å². The molecule has 1 aromatic heterocycles. The predicted octanol–water partition coefficient (Wildman–Crippen LogP) is 2.85. The lowest BCUT2D eigenvalue weighted by Gasteiger charge is -2.10. The number of aryl methyl sites for hydroxylation is 1. The largest absolute Gasteiger partial charge is 0.365 e. The van der Waals surface area contributed by atoms with Crippen LogP contribution in [0.4, 0.5) is 5.00 Å². The van der Waals surface area contributed by atoms with Gasteiger partial charge in [-0.2, -0.15) is 0 Å². The Morgan fingerprint density at radius 2 is 2.00 bits per heavy atom. The molecule has 0 saturated heterocycles. The average Bonchev–Trinajstić information content (AvgIpc) is 2.96. The van der Waals surface area contributed by atoms with E-state index in [1.807, 2.05) is 13.8 Å². The average molecular weight is 280 g/mol. The Balaban J connectivity index is 2.24. The molecule has 2 rings (SSSR count). The Hall–Kier alpha value is -1.36. The van der Waals surface area contributed by atoms with Crippen LogP contribution in [0.15, 0.2) is 0 Å². The van der Waals surface area contributed by atoms with Crippen LogP contribution in [0.25, 0.3) is 0 Å². The fourth-order valence-corrected chi connectivity index (χ4v) is 3.91. The lowest BCUT2D eigenvalue weighted by molar-refractivity contribution is -0.119. The first-order valence-corrected chi connectivity index (χ1v) is 7.59. The molecule has 4 nitrogen and oxygen atoms in total. The van der Waals surface area contributed by atoms with Gasteiger partial charge in [0.2, 0.25) is 5.91 Å². The molecule has 3 N–H and O–H groups in total. The third kappa shape index (κ3) is 2.81. The van der Waals surface area contributed by atoms with Gasteiger partial charge in [0.15, 0.2) is 0 Å². The number of carbonyl (C=O) groups is 2. The van der Waals surface area contributed by atoms with Gasteiger partial charge in [0.1, 0.15) is 5.00 Å². The van der Waals surface area contributed by atoms with E-state index >= 15 is 0 Å². The van der Waals surface area contributed by atoms with Crippen LogP contribution in [-0.4, -0.2) is 11.8 Å². The van der Waals surface area contributed by atoms with Gasteiger partial charge in [0, 0.05) is 10.8 Å². The summed E-state index contributed by atoms with van der Waals surface area (Å²) < 4.78 is 0. The molecule has 104 valence electrons. The smallest absolute Gasteiger partial charge is 0.251 e. The van der Waals surface area contributed by atoms with Crippen LogP contribution in [0.2, 0.25) is 0 Å². The Kier molecular flexibility index (Phi) is 4.24. The van der Waals surface area contributed by atoms with Crippen molar-refractivity contribution in [1.82, 2.24) is 0 Å². The maximum atomic E-state index is 12.1. The van der Waals surface area contributed by atoms with Gasteiger partial charge in [0.25, 0.3) is 5.91 Å². The molecule has 1 heterocycles. The van der Waals surface area contributed by atoms with E-state index < -0.39 is 5.91 Å². The maximum Gasteiger partial charge on any atom is 0.251 e. The molecule has 0 radical (unpaired) electrons. The second kappa shape index (κ2) is 5.74. The number of rotatable bonds is 4. The topological polar surface area (TPSA) is 72.2 Å². The number of hydrogen-bond acceptors (Lipinski definition) is 3. The van der Waals surface area contributed by atoms with Crippen molar-refractivity contribution in [1.29, 1.82) is 0 Å². The number of nitrogens with two attached hydrogens (primary N) is 1. The first-order chi connectivity index (χ1) is 9.04. The van der Waals surface area contributed by atoms with Gasteiger partial charge in [-0.1, -0.05) is 19.8 Å². The SMILES string of the molecule is CCc1c(C)sc(NC(=O)C2CCCC2)c1C(N)=O. The molecule has 1 aliphatic rings. The van der Waals surface area contributed by atoms with E-state index in [0.717, 1.165) is 42.5 Å². The summed E-state index contributed by atoms with van der Waals surface area (Å²) in [5.74, 6) is -0.333. The Labute approximate surface area is 117 Å². The van der Waals surface area contributed by atoms with E-state index in [1.165, 1.54) is 11.3 Å². The molecule has 1 aromatic rings. The number of amides is 2. The molecule has 0 unspecified atom stereocenters. The van der Waals surface area contributed by atoms with Gasteiger partial charge in [-0.05, 0) is 31.7 Å². The summed E-state index contributed by atoms with van der Waals surface area (Å²) >= 11 is 1.45. The molecular weight excluding hydrogens is 260 g/mol. The zero-order chi connectivity index (χ0) is 14.0. The van der Waals surface area contributed by atoms with Gasteiger partial charge in [-0.25, -0.2) is 0 Å². The van der Waals surface area contributed by atoms with E-state index in [9.17, 15) is 9.59 Å². The molecule has 0 aromatic carbocycles. The van der Waals surface area contributed by atoms with Crippen LogP contribution in [0, 0.1) is 12.8 Å². The molecule has 0 aliphatic heterocycles. The third-order valence-corrected chi connectivity index (χ3v) is 4.83. The maximum absolute atomic E-state index is 12.1. The second-order valence-corrected chi connectivity index (χ2v) is 6.25. The minimum absolute atomic E-state index is 0.0314. The van der Waals surface area contributed by atoms with E-state index in [4.69, 9.17) is 5.73 Å². The molecule has 1 saturated carbocycles. The van der Waals surface area contributed by atoms with Crippen molar-refractivity contribution in [3.63, 3.8) is 0 Å². The molecular formula is C14H20N2O2S. The van der Waals surface area contributed by atoms with Gasteiger partial charge in [-0.15, -0.1) is 11.3 Å². The number of primary amides is 1. The van der Waals surface area contributed by atoms with E-state index in [-0.39, 0.29) is 11.8 Å².